The molecule has 0 bridgehead atoms. The van der Waals surface area contributed by atoms with Crippen LogP contribution in [0.3, 0.4) is 0 Å². The first-order chi connectivity index (χ1) is 17.6. The second-order valence-electron chi connectivity index (χ2n) is 9.14. The number of benzene rings is 3. The number of urea groups is 1. The molecule has 3 aromatic rings. The predicted octanol–water partition coefficient (Wildman–Crippen LogP) is 6.68. The number of aliphatic carboxylic acids is 1. The molecule has 1 saturated heterocycles. The number of carboxylic acids is 1. The summed E-state index contributed by atoms with van der Waals surface area (Å²) in [6.45, 7) is 0.810. The summed E-state index contributed by atoms with van der Waals surface area (Å²) in [4.78, 5) is 26.2. The fourth-order valence-corrected chi connectivity index (χ4v) is 4.82. The molecule has 1 aliphatic rings. The van der Waals surface area contributed by atoms with E-state index in [1.54, 1.807) is 4.90 Å². The standard InChI is InChI=1S/C28H27F3N2O4/c29-28(30,31)37-24-13-11-23(12-14-24)32-26(36)33-18-4-16-27(19-33,17-15-25(34)35)22-9-7-21(8-10-22)20-5-2-1-3-6-20/h1-3,5-14H,4,15-19H2,(H,32,36)(H,34,35). The van der Waals surface area contributed by atoms with E-state index in [0.29, 0.717) is 31.6 Å². The first-order valence-electron chi connectivity index (χ1n) is 11.9. The lowest BCUT2D eigenvalue weighted by atomic mass is 9.71. The number of alkyl halides is 3. The van der Waals surface area contributed by atoms with E-state index in [9.17, 15) is 27.9 Å². The van der Waals surface area contributed by atoms with Crippen LogP contribution < -0.4 is 10.1 Å². The maximum absolute atomic E-state index is 13.1. The lowest BCUT2D eigenvalue weighted by Gasteiger charge is -2.43. The number of rotatable bonds is 7. The van der Waals surface area contributed by atoms with E-state index in [1.165, 1.54) is 12.1 Å². The quantitative estimate of drug-likeness (QED) is 0.370. The number of amides is 2. The highest BCUT2D eigenvalue weighted by Crippen LogP contribution is 2.39. The molecule has 9 heteroatoms. The van der Waals surface area contributed by atoms with E-state index in [-0.39, 0.29) is 12.2 Å². The summed E-state index contributed by atoms with van der Waals surface area (Å²) < 4.78 is 41.0. The molecule has 194 valence electrons. The minimum absolute atomic E-state index is 0.0312. The first-order valence-corrected chi connectivity index (χ1v) is 11.9. The Hall–Kier alpha value is -4.01. The number of likely N-dealkylation sites (tertiary alicyclic amines) is 1. The van der Waals surface area contributed by atoms with E-state index in [1.807, 2.05) is 54.6 Å². The number of ether oxygens (including phenoxy) is 1. The minimum atomic E-state index is -4.79. The number of anilines is 1. The molecule has 1 unspecified atom stereocenters. The van der Waals surface area contributed by atoms with Gasteiger partial charge in [-0.15, -0.1) is 13.2 Å². The highest BCUT2D eigenvalue weighted by atomic mass is 19.4. The second-order valence-corrected chi connectivity index (χ2v) is 9.14. The Labute approximate surface area is 212 Å². The largest absolute Gasteiger partial charge is 0.573 e. The third-order valence-electron chi connectivity index (χ3n) is 6.63. The number of hydrogen-bond donors (Lipinski definition) is 2. The third-order valence-corrected chi connectivity index (χ3v) is 6.63. The van der Waals surface area contributed by atoms with Crippen LogP contribution in [0.1, 0.15) is 31.2 Å². The van der Waals surface area contributed by atoms with Gasteiger partial charge in [0, 0.05) is 30.6 Å². The highest BCUT2D eigenvalue weighted by Gasteiger charge is 2.39. The number of nitrogens with one attached hydrogen (secondary N) is 1. The number of carbonyl (C=O) groups is 2. The van der Waals surface area contributed by atoms with Crippen molar-refractivity contribution >= 4 is 17.7 Å². The van der Waals surface area contributed by atoms with Crippen molar-refractivity contribution in [1.82, 2.24) is 4.90 Å². The maximum atomic E-state index is 13.1. The van der Waals surface area contributed by atoms with Crippen molar-refractivity contribution in [2.75, 3.05) is 18.4 Å². The molecule has 6 nitrogen and oxygen atoms in total. The lowest BCUT2D eigenvalue weighted by molar-refractivity contribution is -0.274. The Morgan fingerprint density at radius 1 is 0.946 bits per heavy atom. The fraction of sp³-hybridized carbons (Fsp3) is 0.286. The number of nitrogens with zero attached hydrogens (tertiary/aromatic N) is 1. The molecule has 2 amide bonds. The molecule has 0 spiro atoms. The van der Waals surface area contributed by atoms with Gasteiger partial charge in [0.1, 0.15) is 5.75 Å². The third kappa shape index (κ3) is 6.81. The molecule has 0 radical (unpaired) electrons. The molecule has 1 fully saturated rings. The van der Waals surface area contributed by atoms with Gasteiger partial charge in [-0.2, -0.15) is 0 Å². The molecular weight excluding hydrogens is 485 g/mol. The highest BCUT2D eigenvalue weighted by molar-refractivity contribution is 5.89. The number of piperidine rings is 1. The SMILES string of the molecule is O=C(O)CCC1(c2ccc(-c3ccccc3)cc2)CCCN(C(=O)Nc2ccc(OC(F)(F)F)cc2)C1. The summed E-state index contributed by atoms with van der Waals surface area (Å²) in [6.07, 6.45) is -3.03. The molecule has 0 aromatic heterocycles. The Bertz CT molecular complexity index is 1210. The zero-order valence-electron chi connectivity index (χ0n) is 20.0. The average molecular weight is 513 g/mol. The van der Waals surface area contributed by atoms with Gasteiger partial charge in [0.15, 0.2) is 0 Å². The average Bonchev–Trinajstić information content (AvgIpc) is 2.88. The van der Waals surface area contributed by atoms with Crippen molar-refractivity contribution < 1.29 is 32.6 Å². The summed E-state index contributed by atoms with van der Waals surface area (Å²) in [5, 5.41) is 12.1. The molecule has 1 atom stereocenters. The molecule has 0 aliphatic carbocycles. The summed E-state index contributed by atoms with van der Waals surface area (Å²) in [5.41, 5.74) is 2.88. The Balaban J connectivity index is 1.51. The van der Waals surface area contributed by atoms with Crippen LogP contribution in [0.2, 0.25) is 0 Å². The van der Waals surface area contributed by atoms with Gasteiger partial charge in [0.25, 0.3) is 0 Å². The number of carboxylic acid groups (broad SMARTS) is 1. The van der Waals surface area contributed by atoms with Crippen molar-refractivity contribution in [3.8, 4) is 16.9 Å². The van der Waals surface area contributed by atoms with E-state index in [2.05, 4.69) is 10.1 Å². The Kier molecular flexibility index (Phi) is 7.71. The van der Waals surface area contributed by atoms with Crippen molar-refractivity contribution in [3.63, 3.8) is 0 Å². The van der Waals surface area contributed by atoms with Crippen LogP contribution in [-0.2, 0) is 10.2 Å². The van der Waals surface area contributed by atoms with Crippen molar-refractivity contribution in [3.05, 3.63) is 84.4 Å². The topological polar surface area (TPSA) is 78.9 Å². The molecular formula is C28H27F3N2O4. The number of hydrogen-bond acceptors (Lipinski definition) is 3. The molecule has 1 aliphatic heterocycles. The lowest BCUT2D eigenvalue weighted by Crippen LogP contribution is -2.50. The van der Waals surface area contributed by atoms with Crippen LogP contribution >= 0.6 is 0 Å². The first kappa shape index (κ1) is 26.1. The smallest absolute Gasteiger partial charge is 0.481 e. The van der Waals surface area contributed by atoms with Crippen LogP contribution in [0.25, 0.3) is 11.1 Å². The Morgan fingerprint density at radius 2 is 1.59 bits per heavy atom. The number of carbonyl (C=O) groups excluding carboxylic acids is 1. The molecule has 1 heterocycles. The van der Waals surface area contributed by atoms with E-state index in [0.717, 1.165) is 35.2 Å². The van der Waals surface area contributed by atoms with Gasteiger partial charge in [-0.3, -0.25) is 4.79 Å². The molecule has 3 aromatic carbocycles. The summed E-state index contributed by atoms with van der Waals surface area (Å²) in [5.74, 6) is -1.28. The minimum Gasteiger partial charge on any atom is -0.481 e. The van der Waals surface area contributed by atoms with Crippen LogP contribution in [0.5, 0.6) is 5.75 Å². The zero-order valence-corrected chi connectivity index (χ0v) is 20.0. The van der Waals surface area contributed by atoms with Gasteiger partial charge in [0.05, 0.1) is 0 Å². The van der Waals surface area contributed by atoms with Crippen LogP contribution in [0, 0.1) is 0 Å². The summed E-state index contributed by atoms with van der Waals surface area (Å²) in [6, 6.07) is 22.5. The van der Waals surface area contributed by atoms with Gasteiger partial charge in [-0.1, -0.05) is 54.6 Å². The van der Waals surface area contributed by atoms with Crippen LogP contribution in [0.15, 0.2) is 78.9 Å². The van der Waals surface area contributed by atoms with Crippen molar-refractivity contribution in [1.29, 1.82) is 0 Å². The Morgan fingerprint density at radius 3 is 2.22 bits per heavy atom. The van der Waals surface area contributed by atoms with Gasteiger partial charge >= 0.3 is 18.4 Å². The zero-order chi connectivity index (χ0) is 26.5. The monoisotopic (exact) mass is 512 g/mol. The van der Waals surface area contributed by atoms with Crippen molar-refractivity contribution in [2.45, 2.75) is 37.5 Å². The molecule has 4 rings (SSSR count). The fourth-order valence-electron chi connectivity index (χ4n) is 4.82. The summed E-state index contributed by atoms with van der Waals surface area (Å²) in [7, 11) is 0. The van der Waals surface area contributed by atoms with Crippen molar-refractivity contribution in [2.24, 2.45) is 0 Å². The second kappa shape index (κ2) is 10.9. The van der Waals surface area contributed by atoms with Crippen LogP contribution in [0.4, 0.5) is 23.7 Å². The molecule has 2 N–H and O–H groups in total. The van der Waals surface area contributed by atoms with Crippen LogP contribution in [-0.4, -0.2) is 41.5 Å². The predicted molar refractivity (Wildman–Crippen MR) is 133 cm³/mol. The van der Waals surface area contributed by atoms with Gasteiger partial charge in [-0.05, 0) is 60.2 Å². The van der Waals surface area contributed by atoms with Gasteiger partial charge in [-0.25, -0.2) is 4.79 Å². The molecule has 37 heavy (non-hydrogen) atoms. The van der Waals surface area contributed by atoms with E-state index in [4.69, 9.17) is 0 Å². The number of halogens is 3. The summed E-state index contributed by atoms with van der Waals surface area (Å²) >= 11 is 0. The van der Waals surface area contributed by atoms with Gasteiger partial charge < -0.3 is 20.1 Å². The maximum Gasteiger partial charge on any atom is 0.573 e. The molecule has 0 saturated carbocycles. The van der Waals surface area contributed by atoms with E-state index >= 15 is 0 Å². The van der Waals surface area contributed by atoms with E-state index < -0.39 is 23.8 Å². The normalized spacial score (nSPS) is 17.8. The van der Waals surface area contributed by atoms with Gasteiger partial charge in [0.2, 0.25) is 0 Å².